The lowest BCUT2D eigenvalue weighted by molar-refractivity contribution is 0.787. The number of hydrogen-bond acceptors (Lipinski definition) is 3. The summed E-state index contributed by atoms with van der Waals surface area (Å²) in [5.74, 6) is 0. The molecule has 102 valence electrons. The van der Waals surface area contributed by atoms with E-state index < -0.39 is 0 Å². The number of aromatic nitrogens is 1. The highest BCUT2D eigenvalue weighted by Gasteiger charge is 1.98. The van der Waals surface area contributed by atoms with Crippen LogP contribution in [0.25, 0.3) is 0 Å². The van der Waals surface area contributed by atoms with Gasteiger partial charge in [0.15, 0.2) is 0 Å². The van der Waals surface area contributed by atoms with Gasteiger partial charge in [-0.25, -0.2) is 0 Å². The lowest BCUT2D eigenvalue weighted by Crippen LogP contribution is -2.06. The highest BCUT2D eigenvalue weighted by atomic mass is 35.5. The molecule has 0 radical (unpaired) electrons. The number of halogens is 1. The number of nitriles is 2. The van der Waals surface area contributed by atoms with E-state index in [0.717, 1.165) is 10.6 Å². The number of allylic oxidation sites excluding steroid dienone is 1. The van der Waals surface area contributed by atoms with Crippen molar-refractivity contribution < 1.29 is 0 Å². The zero-order chi connectivity index (χ0) is 15.1. The summed E-state index contributed by atoms with van der Waals surface area (Å²) in [5, 5.41) is 18.6. The Morgan fingerprint density at radius 2 is 1.81 bits per heavy atom. The normalized spacial score (nSPS) is 9.29. The minimum Gasteiger partial charge on any atom is -0.350 e. The van der Waals surface area contributed by atoms with Gasteiger partial charge in [-0.2, -0.15) is 10.5 Å². The van der Waals surface area contributed by atoms with Crippen molar-refractivity contribution in [1.29, 1.82) is 10.5 Å². The molecule has 5 heteroatoms. The molecule has 0 atom stereocenters. The van der Waals surface area contributed by atoms with E-state index in [2.05, 4.69) is 4.99 Å². The van der Waals surface area contributed by atoms with Gasteiger partial charge in [-0.1, -0.05) is 29.8 Å². The molecule has 0 aliphatic rings. The smallest absolute Gasteiger partial charge is 0.147 e. The number of hydrogen-bond donors (Lipinski definition) is 0. The standard InChI is InChI=1S/C16H11ClN4/c17-16-4-2-1-3-14(16)12-21-7-5-15(6-8-21)20-11-13(9-18)10-19/h1-8,11H,12H2. The second-order valence-corrected chi connectivity index (χ2v) is 4.62. The van der Waals surface area contributed by atoms with Crippen LogP contribution in [0.1, 0.15) is 5.56 Å². The maximum absolute atomic E-state index is 8.62. The van der Waals surface area contributed by atoms with Gasteiger partial charge < -0.3 is 4.57 Å². The van der Waals surface area contributed by atoms with Gasteiger partial charge in [-0.05, 0) is 23.8 Å². The maximum Gasteiger partial charge on any atom is 0.147 e. The molecule has 1 aromatic carbocycles. The van der Waals surface area contributed by atoms with Crippen molar-refractivity contribution in [3.8, 4) is 12.1 Å². The third-order valence-electron chi connectivity index (χ3n) is 2.77. The first kappa shape index (κ1) is 14.6. The molecule has 0 unspecified atom stereocenters. The first-order chi connectivity index (χ1) is 10.2. The summed E-state index contributed by atoms with van der Waals surface area (Å²) in [5.41, 5.74) is 1.01. The fourth-order valence-electron chi connectivity index (χ4n) is 1.69. The summed E-state index contributed by atoms with van der Waals surface area (Å²) in [6, 6.07) is 14.8. The van der Waals surface area contributed by atoms with Crippen LogP contribution in [0, 0.1) is 22.7 Å². The Kier molecular flexibility index (Phi) is 4.93. The van der Waals surface area contributed by atoms with E-state index in [-0.39, 0.29) is 5.57 Å². The molecular weight excluding hydrogens is 284 g/mol. The van der Waals surface area contributed by atoms with Gasteiger partial charge in [0.1, 0.15) is 17.7 Å². The third kappa shape index (κ3) is 4.07. The first-order valence-corrected chi connectivity index (χ1v) is 6.54. The Morgan fingerprint density at radius 3 is 2.43 bits per heavy atom. The van der Waals surface area contributed by atoms with Crippen LogP contribution in [0.5, 0.6) is 0 Å². The molecule has 0 bridgehead atoms. The van der Waals surface area contributed by atoms with Gasteiger partial charge in [0, 0.05) is 24.0 Å². The van der Waals surface area contributed by atoms with Crippen molar-refractivity contribution >= 4 is 11.6 Å². The molecule has 0 aliphatic heterocycles. The van der Waals surface area contributed by atoms with Crippen molar-refractivity contribution in [3.05, 3.63) is 76.5 Å². The molecule has 0 amide bonds. The van der Waals surface area contributed by atoms with Crippen molar-refractivity contribution in [2.75, 3.05) is 0 Å². The van der Waals surface area contributed by atoms with Gasteiger partial charge in [0.05, 0.1) is 11.6 Å². The molecular formula is C16H11ClN4. The molecule has 0 fully saturated rings. The SMILES string of the molecule is N#CC(C#N)=CN=c1ccn(Cc2ccccc2Cl)cc1. The molecule has 0 saturated heterocycles. The molecule has 0 saturated carbocycles. The molecule has 2 rings (SSSR count). The minimum atomic E-state index is -0.0252. The van der Waals surface area contributed by atoms with Crippen LogP contribution in [0.15, 0.2) is 65.6 Å². The minimum absolute atomic E-state index is 0.0252. The lowest BCUT2D eigenvalue weighted by Gasteiger charge is -2.07. The topological polar surface area (TPSA) is 64.9 Å². The van der Waals surface area contributed by atoms with E-state index >= 15 is 0 Å². The highest BCUT2D eigenvalue weighted by molar-refractivity contribution is 6.31. The van der Waals surface area contributed by atoms with E-state index in [1.54, 1.807) is 24.3 Å². The monoisotopic (exact) mass is 294 g/mol. The van der Waals surface area contributed by atoms with E-state index in [1.165, 1.54) is 6.20 Å². The Morgan fingerprint density at radius 1 is 1.14 bits per heavy atom. The predicted molar refractivity (Wildman–Crippen MR) is 79.9 cm³/mol. The molecule has 0 N–H and O–H groups in total. The Hall–Kier alpha value is -2.82. The zero-order valence-corrected chi connectivity index (χ0v) is 11.8. The van der Waals surface area contributed by atoms with Gasteiger partial charge in [-0.15, -0.1) is 0 Å². The molecule has 1 aromatic heterocycles. The van der Waals surface area contributed by atoms with Gasteiger partial charge in [0.2, 0.25) is 0 Å². The largest absolute Gasteiger partial charge is 0.350 e. The lowest BCUT2D eigenvalue weighted by atomic mass is 10.2. The second kappa shape index (κ2) is 7.09. The second-order valence-electron chi connectivity index (χ2n) is 4.22. The molecule has 2 aromatic rings. The van der Waals surface area contributed by atoms with Gasteiger partial charge in [0.25, 0.3) is 0 Å². The van der Waals surface area contributed by atoms with Crippen molar-refractivity contribution in [1.82, 2.24) is 4.57 Å². The van der Waals surface area contributed by atoms with Crippen molar-refractivity contribution in [2.24, 2.45) is 4.99 Å². The van der Waals surface area contributed by atoms with E-state index in [4.69, 9.17) is 22.1 Å². The Bertz CT molecular complexity index is 783. The van der Waals surface area contributed by atoms with Crippen LogP contribution < -0.4 is 5.36 Å². The fraction of sp³-hybridized carbons (Fsp3) is 0.0625. The molecule has 4 nitrogen and oxygen atoms in total. The fourth-order valence-corrected chi connectivity index (χ4v) is 1.88. The first-order valence-electron chi connectivity index (χ1n) is 6.16. The van der Waals surface area contributed by atoms with E-state index in [0.29, 0.717) is 11.9 Å². The van der Waals surface area contributed by atoms with Crippen LogP contribution in [0.2, 0.25) is 5.02 Å². The Balaban J connectivity index is 2.19. The summed E-state index contributed by atoms with van der Waals surface area (Å²) < 4.78 is 1.97. The van der Waals surface area contributed by atoms with Crippen LogP contribution in [-0.2, 0) is 6.54 Å². The van der Waals surface area contributed by atoms with Gasteiger partial charge >= 0.3 is 0 Å². The van der Waals surface area contributed by atoms with E-state index in [1.807, 2.05) is 41.2 Å². The van der Waals surface area contributed by atoms with Gasteiger partial charge in [-0.3, -0.25) is 4.99 Å². The maximum atomic E-state index is 8.62. The number of nitrogens with zero attached hydrogens (tertiary/aromatic N) is 4. The number of rotatable bonds is 3. The average Bonchev–Trinajstić information content (AvgIpc) is 2.52. The summed E-state index contributed by atoms with van der Waals surface area (Å²) in [6.07, 6.45) is 5.00. The van der Waals surface area contributed by atoms with Crippen LogP contribution in [0.4, 0.5) is 0 Å². The van der Waals surface area contributed by atoms with Crippen LogP contribution in [0.3, 0.4) is 0 Å². The molecule has 0 spiro atoms. The molecule has 1 heterocycles. The van der Waals surface area contributed by atoms with Crippen LogP contribution in [-0.4, -0.2) is 4.57 Å². The van der Waals surface area contributed by atoms with Crippen LogP contribution >= 0.6 is 11.6 Å². The predicted octanol–water partition coefficient (Wildman–Crippen LogP) is 3.02. The zero-order valence-electron chi connectivity index (χ0n) is 11.1. The highest BCUT2D eigenvalue weighted by Crippen LogP contribution is 2.15. The average molecular weight is 295 g/mol. The van der Waals surface area contributed by atoms with E-state index in [9.17, 15) is 0 Å². The quantitative estimate of drug-likeness (QED) is 0.817. The summed E-state index contributed by atoms with van der Waals surface area (Å²) in [6.45, 7) is 0.664. The van der Waals surface area contributed by atoms with Crippen molar-refractivity contribution in [2.45, 2.75) is 6.54 Å². The van der Waals surface area contributed by atoms with Crippen molar-refractivity contribution in [3.63, 3.8) is 0 Å². The summed E-state index contributed by atoms with van der Waals surface area (Å²) >= 11 is 6.12. The molecule has 21 heavy (non-hydrogen) atoms. The number of pyridine rings is 1. The summed E-state index contributed by atoms with van der Waals surface area (Å²) in [7, 11) is 0. The Labute approximate surface area is 127 Å². The number of benzene rings is 1. The molecule has 0 aliphatic carbocycles. The summed E-state index contributed by atoms with van der Waals surface area (Å²) in [4.78, 5) is 4.07. The third-order valence-corrected chi connectivity index (χ3v) is 3.14.